The van der Waals surface area contributed by atoms with Crippen molar-refractivity contribution in [3.8, 4) is 0 Å². The van der Waals surface area contributed by atoms with Crippen LogP contribution < -0.4 is 5.32 Å². The van der Waals surface area contributed by atoms with Gasteiger partial charge in [-0.05, 0) is 42.9 Å². The Kier molecular flexibility index (Phi) is 5.37. The Hall–Kier alpha value is -1.84. The number of ether oxygens (including phenoxy) is 1. The second kappa shape index (κ2) is 7.25. The first kappa shape index (κ1) is 15.5. The number of benzene rings is 1. The minimum absolute atomic E-state index is 0.00705. The van der Waals surface area contributed by atoms with Crippen LogP contribution in [0.4, 0.5) is 5.69 Å². The zero-order valence-electron chi connectivity index (χ0n) is 12.7. The van der Waals surface area contributed by atoms with Gasteiger partial charge in [0.2, 0.25) is 0 Å². The molecule has 0 spiro atoms. The van der Waals surface area contributed by atoms with Crippen molar-refractivity contribution in [1.82, 2.24) is 0 Å². The molecule has 4 nitrogen and oxygen atoms in total. The molecule has 1 aromatic carbocycles. The molecule has 0 aromatic heterocycles. The Balaban J connectivity index is 1.78. The lowest BCUT2D eigenvalue weighted by atomic mass is 9.86. The second-order valence-corrected chi connectivity index (χ2v) is 5.72. The third-order valence-electron chi connectivity index (χ3n) is 4.16. The Morgan fingerprint density at radius 2 is 1.95 bits per heavy atom. The van der Waals surface area contributed by atoms with Gasteiger partial charge >= 0.3 is 5.97 Å². The van der Waals surface area contributed by atoms with Crippen LogP contribution in [0.1, 0.15) is 51.0 Å². The Bertz CT molecular complexity index is 491. The lowest BCUT2D eigenvalue weighted by Gasteiger charge is -2.22. The van der Waals surface area contributed by atoms with Crippen molar-refractivity contribution in [2.75, 3.05) is 11.9 Å². The van der Waals surface area contributed by atoms with Crippen molar-refractivity contribution < 1.29 is 14.3 Å². The van der Waals surface area contributed by atoms with Gasteiger partial charge in [0.05, 0.1) is 5.92 Å². The fraction of sp³-hybridized carbons (Fsp3) is 0.529. The smallest absolute Gasteiger partial charge is 0.309 e. The van der Waals surface area contributed by atoms with Crippen LogP contribution in [0.3, 0.4) is 0 Å². The largest absolute Gasteiger partial charge is 0.455 e. The molecule has 2 rings (SSSR count). The van der Waals surface area contributed by atoms with E-state index in [0.29, 0.717) is 5.92 Å². The number of esters is 1. The topological polar surface area (TPSA) is 55.4 Å². The standard InChI is InChI=1S/C17H23NO3/c1-3-12(2)13-7-9-15(10-8-13)18-16(19)11-21-17(20)14-5-4-6-14/h7-10,12,14H,3-6,11H2,1-2H3,(H,18,19)/t12-/m1/s1. The van der Waals surface area contributed by atoms with Gasteiger partial charge in [-0.1, -0.05) is 32.4 Å². The SMILES string of the molecule is CC[C@@H](C)c1ccc(NC(=O)COC(=O)C2CCC2)cc1. The van der Waals surface area contributed by atoms with Gasteiger partial charge in [-0.25, -0.2) is 0 Å². The van der Waals surface area contributed by atoms with Gasteiger partial charge in [-0.2, -0.15) is 0 Å². The molecule has 0 unspecified atom stereocenters. The van der Waals surface area contributed by atoms with E-state index in [1.165, 1.54) is 5.56 Å². The predicted molar refractivity (Wildman–Crippen MR) is 82.1 cm³/mol. The molecule has 1 aliphatic rings. The van der Waals surface area contributed by atoms with E-state index in [4.69, 9.17) is 4.74 Å². The molecular weight excluding hydrogens is 266 g/mol. The lowest BCUT2D eigenvalue weighted by Crippen LogP contribution is -2.28. The van der Waals surface area contributed by atoms with Crippen LogP contribution in [0.2, 0.25) is 0 Å². The van der Waals surface area contributed by atoms with Crippen molar-refractivity contribution in [3.05, 3.63) is 29.8 Å². The minimum atomic E-state index is -0.293. The molecule has 0 heterocycles. The number of hydrogen-bond acceptors (Lipinski definition) is 3. The van der Waals surface area contributed by atoms with Crippen molar-refractivity contribution in [1.29, 1.82) is 0 Å². The predicted octanol–water partition coefficient (Wildman–Crippen LogP) is 3.48. The molecule has 0 radical (unpaired) electrons. The summed E-state index contributed by atoms with van der Waals surface area (Å²) in [7, 11) is 0. The molecule has 1 fully saturated rings. The summed E-state index contributed by atoms with van der Waals surface area (Å²) >= 11 is 0. The van der Waals surface area contributed by atoms with Crippen molar-refractivity contribution in [2.45, 2.75) is 45.4 Å². The molecule has 1 N–H and O–H groups in total. The normalized spacial score (nSPS) is 15.9. The zero-order chi connectivity index (χ0) is 15.2. The first-order chi connectivity index (χ1) is 10.1. The van der Waals surface area contributed by atoms with E-state index < -0.39 is 0 Å². The van der Waals surface area contributed by atoms with E-state index in [2.05, 4.69) is 19.2 Å². The van der Waals surface area contributed by atoms with Gasteiger partial charge in [0.15, 0.2) is 6.61 Å². The summed E-state index contributed by atoms with van der Waals surface area (Å²) in [5.74, 6) is -0.0201. The molecule has 1 aromatic rings. The molecule has 1 aliphatic carbocycles. The summed E-state index contributed by atoms with van der Waals surface area (Å²) in [5, 5.41) is 2.74. The summed E-state index contributed by atoms with van der Waals surface area (Å²) in [4.78, 5) is 23.3. The van der Waals surface area contributed by atoms with Gasteiger partial charge < -0.3 is 10.1 Å². The molecule has 0 bridgehead atoms. The van der Waals surface area contributed by atoms with Crippen LogP contribution in [0.15, 0.2) is 24.3 Å². The van der Waals surface area contributed by atoms with Crippen molar-refractivity contribution in [3.63, 3.8) is 0 Å². The number of carbonyl (C=O) groups excluding carboxylic acids is 2. The van der Waals surface area contributed by atoms with E-state index in [0.717, 1.165) is 31.4 Å². The van der Waals surface area contributed by atoms with Crippen molar-refractivity contribution >= 4 is 17.6 Å². The summed E-state index contributed by atoms with van der Waals surface area (Å²) in [6.07, 6.45) is 3.94. The number of anilines is 1. The van der Waals surface area contributed by atoms with Crippen LogP contribution >= 0.6 is 0 Å². The van der Waals surface area contributed by atoms with E-state index in [1.807, 2.05) is 24.3 Å². The highest BCUT2D eigenvalue weighted by molar-refractivity contribution is 5.92. The van der Waals surface area contributed by atoms with Crippen LogP contribution in [0.25, 0.3) is 0 Å². The summed E-state index contributed by atoms with van der Waals surface area (Å²) in [6.45, 7) is 4.12. The minimum Gasteiger partial charge on any atom is -0.455 e. The van der Waals surface area contributed by atoms with Gasteiger partial charge in [0.25, 0.3) is 5.91 Å². The Morgan fingerprint density at radius 3 is 2.48 bits per heavy atom. The highest BCUT2D eigenvalue weighted by Gasteiger charge is 2.27. The second-order valence-electron chi connectivity index (χ2n) is 5.72. The molecular formula is C17H23NO3. The first-order valence-corrected chi connectivity index (χ1v) is 7.66. The Morgan fingerprint density at radius 1 is 1.29 bits per heavy atom. The number of carbonyl (C=O) groups is 2. The van der Waals surface area contributed by atoms with Gasteiger partial charge in [-0.3, -0.25) is 9.59 Å². The van der Waals surface area contributed by atoms with Crippen LogP contribution in [-0.2, 0) is 14.3 Å². The third kappa shape index (κ3) is 4.31. The molecule has 1 atom stereocenters. The number of hydrogen-bond donors (Lipinski definition) is 1. The molecule has 4 heteroatoms. The summed E-state index contributed by atoms with van der Waals surface area (Å²) < 4.78 is 5.01. The third-order valence-corrected chi connectivity index (χ3v) is 4.16. The molecule has 114 valence electrons. The molecule has 1 saturated carbocycles. The van der Waals surface area contributed by atoms with Gasteiger partial charge in [0.1, 0.15) is 0 Å². The first-order valence-electron chi connectivity index (χ1n) is 7.66. The fourth-order valence-electron chi connectivity index (χ4n) is 2.23. The summed E-state index contributed by atoms with van der Waals surface area (Å²) in [6, 6.07) is 7.80. The number of nitrogens with one attached hydrogen (secondary N) is 1. The maximum absolute atomic E-state index is 11.7. The zero-order valence-corrected chi connectivity index (χ0v) is 12.7. The average molecular weight is 289 g/mol. The molecule has 21 heavy (non-hydrogen) atoms. The van der Waals surface area contributed by atoms with Gasteiger partial charge in [0, 0.05) is 5.69 Å². The monoisotopic (exact) mass is 289 g/mol. The summed E-state index contributed by atoms with van der Waals surface area (Å²) in [5.41, 5.74) is 1.98. The maximum Gasteiger partial charge on any atom is 0.309 e. The van der Waals surface area contributed by atoms with E-state index in [-0.39, 0.29) is 24.4 Å². The highest BCUT2D eigenvalue weighted by atomic mass is 16.5. The van der Waals surface area contributed by atoms with E-state index in [1.54, 1.807) is 0 Å². The Labute approximate surface area is 125 Å². The number of amides is 1. The van der Waals surface area contributed by atoms with Gasteiger partial charge in [-0.15, -0.1) is 0 Å². The van der Waals surface area contributed by atoms with E-state index in [9.17, 15) is 9.59 Å². The van der Waals surface area contributed by atoms with Crippen LogP contribution in [0.5, 0.6) is 0 Å². The fourth-order valence-corrected chi connectivity index (χ4v) is 2.23. The van der Waals surface area contributed by atoms with Crippen LogP contribution in [-0.4, -0.2) is 18.5 Å². The average Bonchev–Trinajstić information content (AvgIpc) is 2.43. The van der Waals surface area contributed by atoms with E-state index >= 15 is 0 Å². The van der Waals surface area contributed by atoms with Crippen molar-refractivity contribution in [2.24, 2.45) is 5.92 Å². The lowest BCUT2D eigenvalue weighted by molar-refractivity contribution is -0.154. The molecule has 0 aliphatic heterocycles. The molecule has 1 amide bonds. The molecule has 0 saturated heterocycles. The number of rotatable bonds is 6. The quantitative estimate of drug-likeness (QED) is 0.816. The van der Waals surface area contributed by atoms with Crippen LogP contribution in [0, 0.1) is 5.92 Å². The maximum atomic E-state index is 11.7. The highest BCUT2D eigenvalue weighted by Crippen LogP contribution is 2.27.